The number of carbonyl (C=O) groups is 3. The molecule has 0 heterocycles. The SMILES string of the molecule is NC(=O)CCC(NC(=O)CCCc1ccccc1)C(=O)O. The van der Waals surface area contributed by atoms with E-state index in [0.717, 1.165) is 12.0 Å². The molecule has 0 fully saturated rings. The molecule has 1 aromatic rings. The summed E-state index contributed by atoms with van der Waals surface area (Å²) in [6, 6.07) is 8.67. The number of rotatable bonds is 9. The molecule has 0 spiro atoms. The maximum absolute atomic E-state index is 11.7. The third kappa shape index (κ3) is 7.10. The van der Waals surface area contributed by atoms with E-state index >= 15 is 0 Å². The fourth-order valence-electron chi connectivity index (χ4n) is 1.91. The summed E-state index contributed by atoms with van der Waals surface area (Å²) in [7, 11) is 0. The first-order chi connectivity index (χ1) is 9.99. The predicted octanol–water partition coefficient (Wildman–Crippen LogP) is 0.844. The van der Waals surface area contributed by atoms with Crippen LogP contribution in [-0.4, -0.2) is 28.9 Å². The van der Waals surface area contributed by atoms with Gasteiger partial charge in [0.25, 0.3) is 0 Å². The Bertz CT molecular complexity index is 488. The number of aryl methyl sites for hydroxylation is 1. The molecule has 0 bridgehead atoms. The van der Waals surface area contributed by atoms with Gasteiger partial charge in [0.05, 0.1) is 0 Å². The van der Waals surface area contributed by atoms with E-state index in [1.165, 1.54) is 0 Å². The summed E-state index contributed by atoms with van der Waals surface area (Å²) in [5.41, 5.74) is 6.10. The Morgan fingerprint density at radius 3 is 2.38 bits per heavy atom. The van der Waals surface area contributed by atoms with E-state index in [1.54, 1.807) is 0 Å². The summed E-state index contributed by atoms with van der Waals surface area (Å²) in [4.78, 5) is 33.3. The molecule has 0 aromatic heterocycles. The van der Waals surface area contributed by atoms with E-state index in [4.69, 9.17) is 10.8 Å². The molecule has 1 rings (SSSR count). The Morgan fingerprint density at radius 1 is 1.14 bits per heavy atom. The fourth-order valence-corrected chi connectivity index (χ4v) is 1.91. The number of carboxylic acids is 1. The maximum atomic E-state index is 11.7. The monoisotopic (exact) mass is 292 g/mol. The van der Waals surface area contributed by atoms with E-state index < -0.39 is 17.9 Å². The molecule has 6 nitrogen and oxygen atoms in total. The topological polar surface area (TPSA) is 109 Å². The first-order valence-electron chi connectivity index (χ1n) is 6.83. The molecule has 0 aliphatic carbocycles. The minimum atomic E-state index is -1.16. The number of nitrogens with two attached hydrogens (primary N) is 1. The van der Waals surface area contributed by atoms with Crippen molar-refractivity contribution in [1.29, 1.82) is 0 Å². The van der Waals surface area contributed by atoms with Crippen LogP contribution in [0.25, 0.3) is 0 Å². The first-order valence-corrected chi connectivity index (χ1v) is 6.83. The molecule has 21 heavy (non-hydrogen) atoms. The lowest BCUT2D eigenvalue weighted by Gasteiger charge is -2.13. The van der Waals surface area contributed by atoms with Crippen LogP contribution in [0.15, 0.2) is 30.3 Å². The highest BCUT2D eigenvalue weighted by atomic mass is 16.4. The average molecular weight is 292 g/mol. The second kappa shape index (κ2) is 8.73. The highest BCUT2D eigenvalue weighted by Gasteiger charge is 2.20. The van der Waals surface area contributed by atoms with Gasteiger partial charge >= 0.3 is 5.97 Å². The van der Waals surface area contributed by atoms with Crippen molar-refractivity contribution in [2.75, 3.05) is 0 Å². The summed E-state index contributed by atoms with van der Waals surface area (Å²) in [5, 5.41) is 11.4. The molecule has 0 saturated heterocycles. The molecule has 1 unspecified atom stereocenters. The minimum absolute atomic E-state index is 0.00902. The van der Waals surface area contributed by atoms with Crippen molar-refractivity contribution >= 4 is 17.8 Å². The quantitative estimate of drug-likeness (QED) is 0.626. The van der Waals surface area contributed by atoms with Gasteiger partial charge in [-0.3, -0.25) is 9.59 Å². The lowest BCUT2D eigenvalue weighted by atomic mass is 10.1. The first kappa shape index (κ1) is 16.7. The summed E-state index contributed by atoms with van der Waals surface area (Å²) >= 11 is 0. The van der Waals surface area contributed by atoms with Crippen LogP contribution in [0, 0.1) is 0 Å². The number of primary amides is 1. The van der Waals surface area contributed by atoms with Gasteiger partial charge in [-0.25, -0.2) is 4.79 Å². The van der Waals surface area contributed by atoms with Gasteiger partial charge in [-0.15, -0.1) is 0 Å². The summed E-state index contributed by atoms with van der Waals surface area (Å²) in [6.45, 7) is 0. The second-order valence-electron chi connectivity index (χ2n) is 4.80. The number of hydrogen-bond acceptors (Lipinski definition) is 3. The molecule has 6 heteroatoms. The molecular weight excluding hydrogens is 272 g/mol. The summed E-state index contributed by atoms with van der Waals surface area (Å²) in [6.07, 6.45) is 1.58. The third-order valence-electron chi connectivity index (χ3n) is 3.02. The number of nitrogens with one attached hydrogen (secondary N) is 1. The predicted molar refractivity (Wildman–Crippen MR) is 77.4 cm³/mol. The van der Waals surface area contributed by atoms with Crippen LogP contribution < -0.4 is 11.1 Å². The van der Waals surface area contributed by atoms with Crippen LogP contribution in [0.1, 0.15) is 31.2 Å². The van der Waals surface area contributed by atoms with Gasteiger partial charge < -0.3 is 16.2 Å². The second-order valence-corrected chi connectivity index (χ2v) is 4.80. The van der Waals surface area contributed by atoms with E-state index in [9.17, 15) is 14.4 Å². The van der Waals surface area contributed by atoms with Gasteiger partial charge in [0.15, 0.2) is 0 Å². The molecule has 2 amide bonds. The van der Waals surface area contributed by atoms with Crippen molar-refractivity contribution in [1.82, 2.24) is 5.32 Å². The van der Waals surface area contributed by atoms with Crippen LogP contribution in [0.3, 0.4) is 0 Å². The Labute approximate surface area is 123 Å². The highest BCUT2D eigenvalue weighted by Crippen LogP contribution is 2.05. The van der Waals surface area contributed by atoms with E-state index in [2.05, 4.69) is 5.32 Å². The maximum Gasteiger partial charge on any atom is 0.326 e. The summed E-state index contributed by atoms with van der Waals surface area (Å²) < 4.78 is 0. The number of carboxylic acid groups (broad SMARTS) is 1. The van der Waals surface area contributed by atoms with Crippen molar-refractivity contribution < 1.29 is 19.5 Å². The molecular formula is C15H20N2O4. The molecule has 114 valence electrons. The fraction of sp³-hybridized carbons (Fsp3) is 0.400. The number of amides is 2. The van der Waals surface area contributed by atoms with Gasteiger partial charge in [-0.2, -0.15) is 0 Å². The van der Waals surface area contributed by atoms with Crippen LogP contribution in [0.4, 0.5) is 0 Å². The van der Waals surface area contributed by atoms with Crippen LogP contribution in [-0.2, 0) is 20.8 Å². The van der Waals surface area contributed by atoms with Crippen molar-refractivity contribution in [3.8, 4) is 0 Å². The van der Waals surface area contributed by atoms with Gasteiger partial charge in [-0.05, 0) is 24.8 Å². The Hall–Kier alpha value is -2.37. The lowest BCUT2D eigenvalue weighted by molar-refractivity contribution is -0.142. The highest BCUT2D eigenvalue weighted by molar-refractivity contribution is 5.84. The van der Waals surface area contributed by atoms with Gasteiger partial charge in [0.2, 0.25) is 11.8 Å². The van der Waals surface area contributed by atoms with Crippen molar-refractivity contribution in [3.05, 3.63) is 35.9 Å². The zero-order chi connectivity index (χ0) is 15.7. The zero-order valence-electron chi connectivity index (χ0n) is 11.7. The van der Waals surface area contributed by atoms with Crippen molar-refractivity contribution in [3.63, 3.8) is 0 Å². The molecule has 0 aliphatic heterocycles. The summed E-state index contributed by atoms with van der Waals surface area (Å²) in [5.74, 6) is -2.07. The smallest absolute Gasteiger partial charge is 0.326 e. The van der Waals surface area contributed by atoms with Crippen molar-refractivity contribution in [2.24, 2.45) is 5.73 Å². The lowest BCUT2D eigenvalue weighted by Crippen LogP contribution is -2.41. The van der Waals surface area contributed by atoms with Gasteiger partial charge in [0.1, 0.15) is 6.04 Å². The minimum Gasteiger partial charge on any atom is -0.480 e. The number of benzene rings is 1. The molecule has 0 saturated carbocycles. The van der Waals surface area contributed by atoms with Crippen LogP contribution in [0.5, 0.6) is 0 Å². The largest absolute Gasteiger partial charge is 0.480 e. The van der Waals surface area contributed by atoms with E-state index in [1.807, 2.05) is 30.3 Å². The third-order valence-corrected chi connectivity index (χ3v) is 3.02. The van der Waals surface area contributed by atoms with Crippen LogP contribution >= 0.6 is 0 Å². The zero-order valence-corrected chi connectivity index (χ0v) is 11.7. The van der Waals surface area contributed by atoms with Gasteiger partial charge in [0, 0.05) is 12.8 Å². The molecule has 1 atom stereocenters. The van der Waals surface area contributed by atoms with E-state index in [-0.39, 0.29) is 25.2 Å². The Kier molecular flexibility index (Phi) is 6.94. The number of hydrogen-bond donors (Lipinski definition) is 3. The average Bonchev–Trinajstić information content (AvgIpc) is 2.44. The van der Waals surface area contributed by atoms with Crippen molar-refractivity contribution in [2.45, 2.75) is 38.1 Å². The number of aliphatic carboxylic acids is 1. The van der Waals surface area contributed by atoms with Crippen LogP contribution in [0.2, 0.25) is 0 Å². The number of carbonyl (C=O) groups excluding carboxylic acids is 2. The standard InChI is InChI=1S/C15H20N2O4/c16-13(18)10-9-12(15(20)21)17-14(19)8-4-7-11-5-2-1-3-6-11/h1-3,5-6,12H,4,7-10H2,(H2,16,18)(H,17,19)(H,20,21). The molecule has 4 N–H and O–H groups in total. The normalized spacial score (nSPS) is 11.6. The molecule has 1 aromatic carbocycles. The van der Waals surface area contributed by atoms with E-state index in [0.29, 0.717) is 6.42 Å². The molecule has 0 aliphatic rings. The molecule has 0 radical (unpaired) electrons. The van der Waals surface area contributed by atoms with Gasteiger partial charge in [-0.1, -0.05) is 30.3 Å². The Balaban J connectivity index is 2.33. The Morgan fingerprint density at radius 2 is 1.81 bits per heavy atom.